The number of fused-ring (bicyclic) bond motifs is 1. The number of hydrogen-bond acceptors (Lipinski definition) is 7. The summed E-state index contributed by atoms with van der Waals surface area (Å²) in [7, 11) is 0. The molecule has 8 nitrogen and oxygen atoms in total. The van der Waals surface area contributed by atoms with Crippen LogP contribution in [0.25, 0.3) is 0 Å². The van der Waals surface area contributed by atoms with Crippen LogP contribution in [0, 0.1) is 11.3 Å². The van der Waals surface area contributed by atoms with Crippen molar-refractivity contribution in [2.24, 2.45) is 0 Å². The molecule has 9 heteroatoms. The van der Waals surface area contributed by atoms with Gasteiger partial charge >= 0.3 is 0 Å². The number of rotatable bonds is 6. The van der Waals surface area contributed by atoms with Gasteiger partial charge in [0.1, 0.15) is 5.75 Å². The van der Waals surface area contributed by atoms with Crippen LogP contribution in [0.15, 0.2) is 48.5 Å². The molecule has 0 spiro atoms. The Morgan fingerprint density at radius 1 is 1.17 bits per heavy atom. The largest absolute Gasteiger partial charge is 0.472 e. The van der Waals surface area contributed by atoms with Crippen molar-refractivity contribution in [1.82, 2.24) is 9.80 Å². The van der Waals surface area contributed by atoms with Gasteiger partial charge in [-0.2, -0.15) is 5.26 Å². The number of nitrogens with zero attached hydrogens (tertiary/aromatic N) is 3. The molecule has 2 aliphatic rings. The summed E-state index contributed by atoms with van der Waals surface area (Å²) in [6, 6.07) is 15.9. The van der Waals surface area contributed by atoms with E-state index in [0.717, 1.165) is 17.3 Å². The van der Waals surface area contributed by atoms with Crippen molar-refractivity contribution in [2.45, 2.75) is 12.0 Å². The Morgan fingerprint density at radius 2 is 1.97 bits per heavy atom. The fraction of sp³-hybridized carbons (Fsp3) is 0.238. The Labute approximate surface area is 177 Å². The Morgan fingerprint density at radius 3 is 2.73 bits per heavy atom. The molecular formula is C21H17N3O5S. The maximum atomic E-state index is 12.6. The molecule has 2 aromatic carbocycles. The van der Waals surface area contributed by atoms with E-state index in [1.54, 1.807) is 12.1 Å². The number of imide groups is 1. The number of carbonyl (C=O) groups excluding carboxylic acids is 3. The zero-order valence-corrected chi connectivity index (χ0v) is 16.6. The predicted molar refractivity (Wildman–Crippen MR) is 107 cm³/mol. The lowest BCUT2D eigenvalue weighted by atomic mass is 10.1. The first-order valence-corrected chi connectivity index (χ1v) is 10.1. The van der Waals surface area contributed by atoms with Gasteiger partial charge in [-0.1, -0.05) is 30.3 Å². The summed E-state index contributed by atoms with van der Waals surface area (Å²) >= 11 is 0.826. The van der Waals surface area contributed by atoms with E-state index in [1.165, 1.54) is 15.9 Å². The molecule has 2 aromatic rings. The average Bonchev–Trinajstić information content (AvgIpc) is 3.03. The lowest BCUT2D eigenvalue weighted by Crippen LogP contribution is -2.41. The Kier molecular flexibility index (Phi) is 5.70. The zero-order valence-electron chi connectivity index (χ0n) is 15.8. The number of ether oxygens (including phenoxy) is 2. The van der Waals surface area contributed by atoms with E-state index >= 15 is 0 Å². The third-order valence-electron chi connectivity index (χ3n) is 4.71. The molecule has 1 saturated heterocycles. The van der Waals surface area contributed by atoms with Gasteiger partial charge in [-0.05, 0) is 35.5 Å². The van der Waals surface area contributed by atoms with E-state index in [0.29, 0.717) is 16.9 Å². The quantitative estimate of drug-likeness (QED) is 0.704. The fourth-order valence-corrected chi connectivity index (χ4v) is 4.00. The lowest BCUT2D eigenvalue weighted by molar-refractivity contribution is -0.134. The SMILES string of the molecule is N#Cc1ccc2c(c1)C(=O)N(CCOC1SC(=O)N(Cc3ccccc3)C1=O)CO2. The van der Waals surface area contributed by atoms with Crippen LogP contribution in [0.2, 0.25) is 0 Å². The van der Waals surface area contributed by atoms with E-state index in [1.807, 2.05) is 36.4 Å². The molecule has 0 N–H and O–H groups in total. The van der Waals surface area contributed by atoms with E-state index < -0.39 is 11.3 Å². The van der Waals surface area contributed by atoms with Gasteiger partial charge in [0.25, 0.3) is 17.1 Å². The highest BCUT2D eigenvalue weighted by molar-refractivity contribution is 8.15. The lowest BCUT2D eigenvalue weighted by Gasteiger charge is -2.28. The molecule has 1 atom stereocenters. The number of nitriles is 1. The molecule has 30 heavy (non-hydrogen) atoms. The van der Waals surface area contributed by atoms with Gasteiger partial charge in [-0.3, -0.25) is 19.3 Å². The highest BCUT2D eigenvalue weighted by atomic mass is 32.2. The van der Waals surface area contributed by atoms with Gasteiger partial charge in [0.2, 0.25) is 0 Å². The Hall–Kier alpha value is -3.35. The van der Waals surface area contributed by atoms with Crippen molar-refractivity contribution in [3.63, 3.8) is 0 Å². The van der Waals surface area contributed by atoms with Crippen molar-refractivity contribution >= 4 is 28.8 Å². The van der Waals surface area contributed by atoms with Crippen LogP contribution >= 0.6 is 11.8 Å². The van der Waals surface area contributed by atoms with Gasteiger partial charge in [-0.25, -0.2) is 0 Å². The van der Waals surface area contributed by atoms with Gasteiger partial charge in [0.05, 0.1) is 30.3 Å². The summed E-state index contributed by atoms with van der Waals surface area (Å²) in [5, 5.41) is 8.66. The Balaban J connectivity index is 1.32. The van der Waals surface area contributed by atoms with Crippen molar-refractivity contribution in [1.29, 1.82) is 5.26 Å². The van der Waals surface area contributed by atoms with Crippen molar-refractivity contribution in [2.75, 3.05) is 19.9 Å². The normalized spacial score (nSPS) is 18.2. The minimum atomic E-state index is -0.931. The van der Waals surface area contributed by atoms with E-state index in [4.69, 9.17) is 14.7 Å². The van der Waals surface area contributed by atoms with Crippen LogP contribution in [0.4, 0.5) is 4.79 Å². The summed E-state index contributed by atoms with van der Waals surface area (Å²) < 4.78 is 11.1. The highest BCUT2D eigenvalue weighted by Gasteiger charge is 2.40. The van der Waals surface area contributed by atoms with Crippen molar-refractivity contribution in [3.05, 3.63) is 65.2 Å². The van der Waals surface area contributed by atoms with Crippen LogP contribution < -0.4 is 4.74 Å². The average molecular weight is 423 g/mol. The molecule has 2 aliphatic heterocycles. The Bertz CT molecular complexity index is 1040. The van der Waals surface area contributed by atoms with Gasteiger partial charge < -0.3 is 14.4 Å². The second-order valence-corrected chi connectivity index (χ2v) is 7.67. The molecular weight excluding hydrogens is 406 g/mol. The molecule has 2 heterocycles. The molecule has 1 fully saturated rings. The maximum absolute atomic E-state index is 12.6. The predicted octanol–water partition coefficient (Wildman–Crippen LogP) is 2.59. The summed E-state index contributed by atoms with van der Waals surface area (Å²) in [5.74, 6) is -0.247. The number of carbonyl (C=O) groups is 3. The minimum absolute atomic E-state index is 0.0475. The number of benzene rings is 2. The van der Waals surface area contributed by atoms with Crippen LogP contribution in [0.1, 0.15) is 21.5 Å². The maximum Gasteiger partial charge on any atom is 0.291 e. The third-order valence-corrected chi connectivity index (χ3v) is 5.69. The second-order valence-electron chi connectivity index (χ2n) is 6.66. The van der Waals surface area contributed by atoms with Gasteiger partial charge in [0, 0.05) is 6.54 Å². The molecule has 0 saturated carbocycles. The zero-order chi connectivity index (χ0) is 21.1. The van der Waals surface area contributed by atoms with E-state index in [2.05, 4.69) is 0 Å². The summed E-state index contributed by atoms with van der Waals surface area (Å²) in [4.78, 5) is 39.9. The van der Waals surface area contributed by atoms with E-state index in [-0.39, 0.29) is 37.6 Å². The highest BCUT2D eigenvalue weighted by Crippen LogP contribution is 2.30. The first kappa shape index (κ1) is 19.9. The molecule has 4 rings (SSSR count). The van der Waals surface area contributed by atoms with Crippen LogP contribution in [-0.4, -0.2) is 52.2 Å². The molecule has 0 aromatic heterocycles. The standard InChI is InChI=1S/C21H17N3O5S/c22-11-15-6-7-17-16(10-15)18(25)23(13-29-17)8-9-28-20-19(26)24(21(27)30-20)12-14-4-2-1-3-5-14/h1-7,10,20H,8-9,12-13H2. The van der Waals surface area contributed by atoms with E-state index in [9.17, 15) is 14.4 Å². The van der Waals surface area contributed by atoms with Crippen LogP contribution in [-0.2, 0) is 16.1 Å². The smallest absolute Gasteiger partial charge is 0.291 e. The molecule has 1 unspecified atom stereocenters. The second kappa shape index (κ2) is 8.57. The van der Waals surface area contributed by atoms with Crippen molar-refractivity contribution in [3.8, 4) is 11.8 Å². The van der Waals surface area contributed by atoms with Crippen LogP contribution in [0.5, 0.6) is 5.75 Å². The monoisotopic (exact) mass is 423 g/mol. The molecule has 0 radical (unpaired) electrons. The van der Waals surface area contributed by atoms with Crippen molar-refractivity contribution < 1.29 is 23.9 Å². The first-order valence-electron chi connectivity index (χ1n) is 9.20. The summed E-state index contributed by atoms with van der Waals surface area (Å²) in [6.07, 6.45) is 0. The number of amides is 3. The van der Waals surface area contributed by atoms with Crippen LogP contribution in [0.3, 0.4) is 0 Å². The molecule has 3 amide bonds. The first-order chi connectivity index (χ1) is 14.6. The summed E-state index contributed by atoms with van der Waals surface area (Å²) in [5.41, 5.74) is 0.607. The summed E-state index contributed by atoms with van der Waals surface area (Å²) in [6.45, 7) is 0.498. The van der Waals surface area contributed by atoms with Gasteiger partial charge in [-0.15, -0.1) is 0 Å². The molecule has 152 valence electrons. The molecule has 0 bridgehead atoms. The third kappa shape index (κ3) is 4.01. The molecule has 0 aliphatic carbocycles. The number of hydrogen-bond donors (Lipinski definition) is 0. The fourth-order valence-electron chi connectivity index (χ4n) is 3.14. The topological polar surface area (TPSA) is 99.9 Å². The number of thioether (sulfide) groups is 1. The minimum Gasteiger partial charge on any atom is -0.472 e. The van der Waals surface area contributed by atoms with Gasteiger partial charge in [0.15, 0.2) is 12.2 Å².